The Kier molecular flexibility index (Phi) is 5.30. The minimum Gasteiger partial charge on any atom is -0.358 e. The van der Waals surface area contributed by atoms with Gasteiger partial charge in [0, 0.05) is 33.2 Å². The van der Waals surface area contributed by atoms with Gasteiger partial charge >= 0.3 is 0 Å². The van der Waals surface area contributed by atoms with Crippen molar-refractivity contribution in [3.8, 4) is 0 Å². The van der Waals surface area contributed by atoms with E-state index in [1.54, 1.807) is 18.2 Å². The van der Waals surface area contributed by atoms with Gasteiger partial charge in [0.05, 0.1) is 6.42 Å². The van der Waals surface area contributed by atoms with Gasteiger partial charge in [-0.3, -0.25) is 4.79 Å². The van der Waals surface area contributed by atoms with E-state index >= 15 is 0 Å². The zero-order valence-corrected chi connectivity index (χ0v) is 15.1. The van der Waals surface area contributed by atoms with Crippen molar-refractivity contribution in [1.29, 1.82) is 0 Å². The highest BCUT2D eigenvalue weighted by Crippen LogP contribution is 2.24. The van der Waals surface area contributed by atoms with Crippen molar-refractivity contribution in [1.82, 2.24) is 10.3 Å². The molecule has 1 amide bonds. The molecule has 130 valence electrons. The Morgan fingerprint density at radius 2 is 2.00 bits per heavy atom. The molecule has 1 heterocycles. The average Bonchev–Trinajstić information content (AvgIpc) is 2.85. The number of carbonyl (C=O) groups is 1. The highest BCUT2D eigenvalue weighted by molar-refractivity contribution is 6.35. The van der Waals surface area contributed by atoms with E-state index < -0.39 is 0 Å². The maximum absolute atomic E-state index is 13.5. The first kappa shape index (κ1) is 17.8. The van der Waals surface area contributed by atoms with E-state index in [1.165, 1.54) is 12.1 Å². The van der Waals surface area contributed by atoms with Crippen LogP contribution in [0, 0.1) is 12.7 Å². The summed E-state index contributed by atoms with van der Waals surface area (Å²) in [5.41, 5.74) is 3.44. The minimum absolute atomic E-state index is 0.113. The smallest absolute Gasteiger partial charge is 0.224 e. The Labute approximate surface area is 155 Å². The second kappa shape index (κ2) is 7.46. The van der Waals surface area contributed by atoms with Gasteiger partial charge in [-0.15, -0.1) is 0 Å². The zero-order chi connectivity index (χ0) is 18.0. The number of H-pyrrole nitrogens is 1. The molecule has 3 nitrogen and oxygen atoms in total. The molecule has 25 heavy (non-hydrogen) atoms. The molecule has 0 aliphatic heterocycles. The maximum atomic E-state index is 13.5. The molecule has 0 spiro atoms. The van der Waals surface area contributed by atoms with Gasteiger partial charge in [0.1, 0.15) is 5.82 Å². The molecule has 6 heteroatoms. The summed E-state index contributed by atoms with van der Waals surface area (Å²) in [4.78, 5) is 15.4. The number of aryl methyl sites for hydroxylation is 1. The van der Waals surface area contributed by atoms with Crippen LogP contribution in [-0.2, 0) is 17.6 Å². The summed E-state index contributed by atoms with van der Waals surface area (Å²) in [6.45, 7) is 2.35. The third kappa shape index (κ3) is 4.14. The zero-order valence-electron chi connectivity index (χ0n) is 13.6. The first-order chi connectivity index (χ1) is 11.9. The Hall–Kier alpha value is -2.04. The van der Waals surface area contributed by atoms with Crippen LogP contribution in [0.2, 0.25) is 10.0 Å². The standard InChI is InChI=1S/C19H17Cl2FN2O/c1-11-15(16-9-14(22)4-5-18(16)24-11)10-19(25)23-7-6-12-2-3-13(20)8-17(12)21/h2-5,8-9,24H,6-7,10H2,1H3,(H,23,25). The third-order valence-corrected chi connectivity index (χ3v) is 4.74. The molecule has 2 N–H and O–H groups in total. The molecule has 2 aromatic carbocycles. The van der Waals surface area contributed by atoms with Crippen molar-refractivity contribution in [2.75, 3.05) is 6.54 Å². The predicted octanol–water partition coefficient (Wildman–Crippen LogP) is 4.82. The Morgan fingerprint density at radius 3 is 2.76 bits per heavy atom. The van der Waals surface area contributed by atoms with E-state index in [4.69, 9.17) is 23.2 Å². The Balaban J connectivity index is 1.63. The lowest BCUT2D eigenvalue weighted by Gasteiger charge is -2.07. The van der Waals surface area contributed by atoms with Crippen molar-refractivity contribution in [3.05, 3.63) is 69.1 Å². The first-order valence-corrected chi connectivity index (χ1v) is 8.67. The number of rotatable bonds is 5. The molecule has 0 unspecified atom stereocenters. The Bertz CT molecular complexity index is 937. The summed E-state index contributed by atoms with van der Waals surface area (Å²) in [6, 6.07) is 9.84. The fourth-order valence-electron chi connectivity index (χ4n) is 2.87. The summed E-state index contributed by atoms with van der Waals surface area (Å²) >= 11 is 12.0. The molecule has 1 aromatic heterocycles. The van der Waals surface area contributed by atoms with Crippen LogP contribution in [0.25, 0.3) is 10.9 Å². The predicted molar refractivity (Wildman–Crippen MR) is 99.9 cm³/mol. The number of benzene rings is 2. The van der Waals surface area contributed by atoms with Crippen LogP contribution in [0.15, 0.2) is 36.4 Å². The summed E-state index contributed by atoms with van der Waals surface area (Å²) < 4.78 is 13.5. The highest BCUT2D eigenvalue weighted by Gasteiger charge is 2.13. The van der Waals surface area contributed by atoms with E-state index in [-0.39, 0.29) is 18.1 Å². The quantitative estimate of drug-likeness (QED) is 0.656. The van der Waals surface area contributed by atoms with Crippen LogP contribution in [0.3, 0.4) is 0 Å². The summed E-state index contributed by atoms with van der Waals surface area (Å²) in [7, 11) is 0. The number of hydrogen-bond acceptors (Lipinski definition) is 1. The van der Waals surface area contributed by atoms with Gasteiger partial charge in [0.15, 0.2) is 0 Å². The van der Waals surface area contributed by atoms with Crippen molar-refractivity contribution in [3.63, 3.8) is 0 Å². The SMILES string of the molecule is Cc1[nH]c2ccc(F)cc2c1CC(=O)NCCc1ccc(Cl)cc1Cl. The van der Waals surface area contributed by atoms with Gasteiger partial charge in [0.2, 0.25) is 5.91 Å². The number of amides is 1. The number of hydrogen-bond donors (Lipinski definition) is 2. The van der Waals surface area contributed by atoms with E-state index in [1.807, 2.05) is 13.0 Å². The summed E-state index contributed by atoms with van der Waals surface area (Å²) in [5.74, 6) is -0.427. The molecule has 0 aliphatic carbocycles. The maximum Gasteiger partial charge on any atom is 0.224 e. The van der Waals surface area contributed by atoms with E-state index in [0.717, 1.165) is 27.7 Å². The van der Waals surface area contributed by atoms with E-state index in [9.17, 15) is 9.18 Å². The van der Waals surface area contributed by atoms with Crippen molar-refractivity contribution in [2.45, 2.75) is 19.8 Å². The average molecular weight is 379 g/mol. The third-order valence-electron chi connectivity index (χ3n) is 4.15. The highest BCUT2D eigenvalue weighted by atomic mass is 35.5. The van der Waals surface area contributed by atoms with Crippen LogP contribution in [0.1, 0.15) is 16.8 Å². The topological polar surface area (TPSA) is 44.9 Å². The molecular weight excluding hydrogens is 362 g/mol. The van der Waals surface area contributed by atoms with Crippen molar-refractivity contribution >= 4 is 40.0 Å². The lowest BCUT2D eigenvalue weighted by molar-refractivity contribution is -0.120. The number of aromatic amines is 1. The minimum atomic E-state index is -0.314. The van der Waals surface area contributed by atoms with Gasteiger partial charge in [0.25, 0.3) is 0 Å². The molecule has 3 rings (SSSR count). The molecule has 3 aromatic rings. The van der Waals surface area contributed by atoms with Gasteiger partial charge in [-0.2, -0.15) is 0 Å². The molecule has 0 fully saturated rings. The Morgan fingerprint density at radius 1 is 1.20 bits per heavy atom. The number of fused-ring (bicyclic) bond motifs is 1. The van der Waals surface area contributed by atoms with Crippen LogP contribution in [0.4, 0.5) is 4.39 Å². The van der Waals surface area contributed by atoms with Crippen LogP contribution in [0.5, 0.6) is 0 Å². The van der Waals surface area contributed by atoms with Crippen LogP contribution in [-0.4, -0.2) is 17.4 Å². The fourth-order valence-corrected chi connectivity index (χ4v) is 3.37. The van der Waals surface area contributed by atoms with Gasteiger partial charge in [-0.25, -0.2) is 4.39 Å². The number of halogens is 3. The second-order valence-corrected chi connectivity index (χ2v) is 6.77. The van der Waals surface area contributed by atoms with Crippen molar-refractivity contribution in [2.24, 2.45) is 0 Å². The van der Waals surface area contributed by atoms with Gasteiger partial charge in [-0.05, 0) is 54.8 Å². The van der Waals surface area contributed by atoms with Crippen LogP contribution < -0.4 is 5.32 Å². The van der Waals surface area contributed by atoms with Crippen LogP contribution >= 0.6 is 23.2 Å². The van der Waals surface area contributed by atoms with E-state index in [2.05, 4.69) is 10.3 Å². The normalized spacial score (nSPS) is 11.0. The van der Waals surface area contributed by atoms with Crippen molar-refractivity contribution < 1.29 is 9.18 Å². The summed E-state index contributed by atoms with van der Waals surface area (Å²) in [5, 5.41) is 4.79. The number of aromatic nitrogens is 1. The lowest BCUT2D eigenvalue weighted by atomic mass is 10.1. The lowest BCUT2D eigenvalue weighted by Crippen LogP contribution is -2.27. The van der Waals surface area contributed by atoms with Gasteiger partial charge < -0.3 is 10.3 Å². The number of carbonyl (C=O) groups excluding carboxylic acids is 1. The van der Waals surface area contributed by atoms with E-state index in [0.29, 0.717) is 23.0 Å². The first-order valence-electron chi connectivity index (χ1n) is 7.91. The fraction of sp³-hybridized carbons (Fsp3) is 0.211. The molecule has 0 saturated carbocycles. The monoisotopic (exact) mass is 378 g/mol. The molecule has 0 atom stereocenters. The molecule has 0 radical (unpaired) electrons. The second-order valence-electron chi connectivity index (χ2n) is 5.93. The number of nitrogens with one attached hydrogen (secondary N) is 2. The summed E-state index contributed by atoms with van der Waals surface area (Å²) in [6.07, 6.45) is 0.812. The largest absolute Gasteiger partial charge is 0.358 e. The molecular formula is C19H17Cl2FN2O. The van der Waals surface area contributed by atoms with Gasteiger partial charge in [-0.1, -0.05) is 29.3 Å². The molecule has 0 bridgehead atoms. The molecule has 0 saturated heterocycles. The molecule has 0 aliphatic rings.